The highest BCUT2D eigenvalue weighted by Gasteiger charge is 2.23. The Morgan fingerprint density at radius 3 is 2.67 bits per heavy atom. The molecule has 0 spiro atoms. The SMILES string of the molecule is CN=C(NCCNC(=O)c1ccco1)NC1CCN(c2ccccc2)C1.I. The van der Waals surface area contributed by atoms with Gasteiger partial charge in [-0.15, -0.1) is 24.0 Å². The molecule has 1 unspecified atom stereocenters. The van der Waals surface area contributed by atoms with Crippen LogP contribution in [0.3, 0.4) is 0 Å². The average molecular weight is 483 g/mol. The molecular weight excluding hydrogens is 457 g/mol. The summed E-state index contributed by atoms with van der Waals surface area (Å²) in [6.45, 7) is 3.04. The van der Waals surface area contributed by atoms with Crippen molar-refractivity contribution >= 4 is 41.5 Å². The van der Waals surface area contributed by atoms with Crippen LogP contribution in [0.25, 0.3) is 0 Å². The first kappa shape index (κ1) is 21.1. The molecule has 2 aromatic rings. The van der Waals surface area contributed by atoms with Gasteiger partial charge in [-0.05, 0) is 30.7 Å². The van der Waals surface area contributed by atoms with Gasteiger partial charge in [-0.2, -0.15) is 0 Å². The van der Waals surface area contributed by atoms with E-state index in [4.69, 9.17) is 4.42 Å². The summed E-state index contributed by atoms with van der Waals surface area (Å²) in [5, 5.41) is 9.47. The molecule has 1 aromatic carbocycles. The average Bonchev–Trinajstić information content (AvgIpc) is 3.36. The van der Waals surface area contributed by atoms with Crippen LogP contribution in [0.2, 0.25) is 0 Å². The second-order valence-corrected chi connectivity index (χ2v) is 6.14. The van der Waals surface area contributed by atoms with Gasteiger partial charge in [0, 0.05) is 45.0 Å². The van der Waals surface area contributed by atoms with E-state index in [9.17, 15) is 4.79 Å². The normalized spacial score (nSPS) is 16.6. The summed E-state index contributed by atoms with van der Waals surface area (Å²) in [4.78, 5) is 18.4. The zero-order valence-electron chi connectivity index (χ0n) is 15.4. The van der Waals surface area contributed by atoms with Crippen molar-refractivity contribution in [2.45, 2.75) is 12.5 Å². The minimum atomic E-state index is -0.214. The zero-order chi connectivity index (χ0) is 18.2. The van der Waals surface area contributed by atoms with Gasteiger partial charge in [0.1, 0.15) is 0 Å². The minimum absolute atomic E-state index is 0. The number of benzene rings is 1. The van der Waals surface area contributed by atoms with E-state index >= 15 is 0 Å². The standard InChI is InChI=1S/C19H25N5O2.HI/c1-20-19(22-11-10-21-18(25)17-8-5-13-26-17)23-15-9-12-24(14-15)16-6-3-2-4-7-16;/h2-8,13,15H,9-12,14H2,1H3,(H,21,25)(H2,20,22,23);1H. The first-order chi connectivity index (χ1) is 12.8. The molecule has 0 aliphatic carbocycles. The van der Waals surface area contributed by atoms with Gasteiger partial charge >= 0.3 is 0 Å². The van der Waals surface area contributed by atoms with Crippen molar-refractivity contribution in [3.8, 4) is 0 Å². The van der Waals surface area contributed by atoms with Crippen LogP contribution in [0, 0.1) is 0 Å². The smallest absolute Gasteiger partial charge is 0.287 e. The van der Waals surface area contributed by atoms with Crippen molar-refractivity contribution in [2.75, 3.05) is 38.1 Å². The van der Waals surface area contributed by atoms with Crippen LogP contribution in [-0.4, -0.2) is 51.1 Å². The van der Waals surface area contributed by atoms with Crippen LogP contribution < -0.4 is 20.9 Å². The zero-order valence-corrected chi connectivity index (χ0v) is 17.7. The molecule has 0 radical (unpaired) electrons. The Balaban J connectivity index is 0.00000261. The molecule has 1 amide bonds. The van der Waals surface area contributed by atoms with E-state index in [-0.39, 0.29) is 29.9 Å². The molecule has 0 saturated carbocycles. The Labute approximate surface area is 176 Å². The highest BCUT2D eigenvalue weighted by molar-refractivity contribution is 14.0. The number of anilines is 1. The molecule has 1 saturated heterocycles. The highest BCUT2D eigenvalue weighted by Crippen LogP contribution is 2.19. The summed E-state index contributed by atoms with van der Waals surface area (Å²) in [7, 11) is 1.75. The maximum absolute atomic E-state index is 11.8. The first-order valence-electron chi connectivity index (χ1n) is 8.85. The number of aliphatic imine (C=N–C) groups is 1. The number of para-hydroxylation sites is 1. The lowest BCUT2D eigenvalue weighted by Crippen LogP contribution is -2.46. The van der Waals surface area contributed by atoms with Crippen molar-refractivity contribution in [2.24, 2.45) is 4.99 Å². The molecule has 1 atom stereocenters. The molecule has 1 aliphatic heterocycles. The largest absolute Gasteiger partial charge is 0.459 e. The second kappa shape index (κ2) is 10.8. The minimum Gasteiger partial charge on any atom is -0.459 e. The van der Waals surface area contributed by atoms with Crippen LogP contribution in [0.4, 0.5) is 5.69 Å². The number of guanidine groups is 1. The third-order valence-corrected chi connectivity index (χ3v) is 4.32. The predicted octanol–water partition coefficient (Wildman–Crippen LogP) is 2.07. The van der Waals surface area contributed by atoms with E-state index in [1.165, 1.54) is 12.0 Å². The highest BCUT2D eigenvalue weighted by atomic mass is 127. The van der Waals surface area contributed by atoms with Crippen LogP contribution in [0.15, 0.2) is 58.1 Å². The predicted molar refractivity (Wildman–Crippen MR) is 118 cm³/mol. The molecule has 1 aromatic heterocycles. The lowest BCUT2D eigenvalue weighted by Gasteiger charge is -2.20. The number of rotatable bonds is 6. The number of amides is 1. The maximum atomic E-state index is 11.8. The number of carbonyl (C=O) groups is 1. The summed E-state index contributed by atoms with van der Waals surface area (Å²) in [5.74, 6) is 0.852. The van der Waals surface area contributed by atoms with Crippen LogP contribution in [0.1, 0.15) is 17.0 Å². The fourth-order valence-corrected chi connectivity index (χ4v) is 2.99. The fraction of sp³-hybridized carbons (Fsp3) is 0.368. The van der Waals surface area contributed by atoms with Crippen LogP contribution >= 0.6 is 24.0 Å². The third-order valence-electron chi connectivity index (χ3n) is 4.32. The van der Waals surface area contributed by atoms with Gasteiger partial charge in [0.05, 0.1) is 6.26 Å². The van der Waals surface area contributed by atoms with Gasteiger partial charge in [-0.3, -0.25) is 9.79 Å². The number of furan rings is 1. The molecule has 8 heteroatoms. The van der Waals surface area contributed by atoms with Gasteiger partial charge in [0.15, 0.2) is 11.7 Å². The van der Waals surface area contributed by atoms with E-state index in [2.05, 4.69) is 50.1 Å². The number of carbonyl (C=O) groups excluding carboxylic acids is 1. The Hall–Kier alpha value is -2.23. The van der Waals surface area contributed by atoms with Gasteiger partial charge in [-0.25, -0.2) is 0 Å². The van der Waals surface area contributed by atoms with E-state index in [1.807, 2.05) is 6.07 Å². The fourth-order valence-electron chi connectivity index (χ4n) is 2.99. The Kier molecular flexibility index (Phi) is 8.43. The van der Waals surface area contributed by atoms with E-state index < -0.39 is 0 Å². The summed E-state index contributed by atoms with van der Waals surface area (Å²) >= 11 is 0. The Morgan fingerprint density at radius 2 is 1.96 bits per heavy atom. The molecule has 1 fully saturated rings. The molecule has 3 N–H and O–H groups in total. The van der Waals surface area contributed by atoms with Gasteiger partial charge in [0.25, 0.3) is 5.91 Å². The Morgan fingerprint density at radius 1 is 1.19 bits per heavy atom. The monoisotopic (exact) mass is 483 g/mol. The van der Waals surface area contributed by atoms with E-state index in [0.717, 1.165) is 25.5 Å². The topological polar surface area (TPSA) is 81.9 Å². The summed E-state index contributed by atoms with van der Waals surface area (Å²) in [5.41, 5.74) is 1.25. The van der Waals surface area contributed by atoms with Crippen molar-refractivity contribution in [3.63, 3.8) is 0 Å². The molecule has 27 heavy (non-hydrogen) atoms. The number of hydrogen-bond donors (Lipinski definition) is 3. The quantitative estimate of drug-likeness (QED) is 0.254. The molecule has 2 heterocycles. The number of hydrogen-bond acceptors (Lipinski definition) is 4. The van der Waals surface area contributed by atoms with Crippen molar-refractivity contribution in [3.05, 3.63) is 54.5 Å². The van der Waals surface area contributed by atoms with Crippen LogP contribution in [-0.2, 0) is 0 Å². The molecule has 3 rings (SSSR count). The number of nitrogens with one attached hydrogen (secondary N) is 3. The van der Waals surface area contributed by atoms with Gasteiger partial charge < -0.3 is 25.3 Å². The molecular formula is C19H26IN5O2. The second-order valence-electron chi connectivity index (χ2n) is 6.14. The third kappa shape index (κ3) is 6.16. The van der Waals surface area contributed by atoms with Gasteiger partial charge in [0.2, 0.25) is 0 Å². The Bertz CT molecular complexity index is 721. The summed E-state index contributed by atoms with van der Waals surface area (Å²) in [6.07, 6.45) is 2.55. The lowest BCUT2D eigenvalue weighted by molar-refractivity contribution is 0.0926. The maximum Gasteiger partial charge on any atom is 0.287 e. The molecule has 7 nitrogen and oxygen atoms in total. The van der Waals surface area contributed by atoms with Crippen molar-refractivity contribution < 1.29 is 9.21 Å². The van der Waals surface area contributed by atoms with Crippen molar-refractivity contribution in [1.29, 1.82) is 0 Å². The van der Waals surface area contributed by atoms with Crippen LogP contribution in [0.5, 0.6) is 0 Å². The van der Waals surface area contributed by atoms with Crippen molar-refractivity contribution in [1.82, 2.24) is 16.0 Å². The van der Waals surface area contributed by atoms with Gasteiger partial charge in [-0.1, -0.05) is 18.2 Å². The number of nitrogens with zero attached hydrogens (tertiary/aromatic N) is 2. The number of halogens is 1. The van der Waals surface area contributed by atoms with E-state index in [1.54, 1.807) is 19.2 Å². The molecule has 0 bridgehead atoms. The first-order valence-corrected chi connectivity index (χ1v) is 8.85. The molecule has 146 valence electrons. The van der Waals surface area contributed by atoms with E-state index in [0.29, 0.717) is 24.9 Å². The lowest BCUT2D eigenvalue weighted by atomic mass is 10.3. The summed E-state index contributed by atoms with van der Waals surface area (Å²) in [6, 6.07) is 14.1. The molecule has 1 aliphatic rings. The summed E-state index contributed by atoms with van der Waals surface area (Å²) < 4.78 is 5.06.